The zero-order chi connectivity index (χ0) is 25.5. The number of piperidine rings is 1. The molecule has 0 saturated carbocycles. The molecule has 2 aromatic carbocycles. The van der Waals surface area contributed by atoms with Gasteiger partial charge in [-0.15, -0.1) is 0 Å². The Hall–Kier alpha value is -4.04. The molecule has 8 nitrogen and oxygen atoms in total. The Morgan fingerprint density at radius 1 is 1.22 bits per heavy atom. The monoisotopic (exact) mass is 484 g/mol. The van der Waals surface area contributed by atoms with E-state index in [-0.39, 0.29) is 23.9 Å². The second-order valence-electron chi connectivity index (χ2n) is 8.97. The van der Waals surface area contributed by atoms with E-state index in [2.05, 4.69) is 32.4 Å². The number of H-pyrrole nitrogens is 1. The summed E-state index contributed by atoms with van der Waals surface area (Å²) in [6.45, 7) is 4.98. The molecule has 0 radical (unpaired) electrons. The van der Waals surface area contributed by atoms with Crippen LogP contribution in [0.15, 0.2) is 72.3 Å². The van der Waals surface area contributed by atoms with Crippen molar-refractivity contribution in [3.05, 3.63) is 84.1 Å². The van der Waals surface area contributed by atoms with Crippen LogP contribution in [0.1, 0.15) is 34.5 Å². The second-order valence-corrected chi connectivity index (χ2v) is 8.97. The van der Waals surface area contributed by atoms with Crippen LogP contribution >= 0.6 is 0 Å². The third-order valence-electron chi connectivity index (χ3n) is 6.50. The standard InChI is InChI=1S/C28H32N6O2/c1-4-20(14-15-29-2)26-23-16-21(10-12-24(23)32-33-26)27(35)31-22-11-13-25(34(3)18-22)28(36)30-17-19-8-6-5-7-9-19/h4-10,12,14-16,22,25H,1,11,13,17-18H2,2-3H3,(H,30,36)(H,31,35)(H,32,33)/b20-14+,29-15?/t22-,25+/m1/s1. The Balaban J connectivity index is 1.38. The number of carbonyl (C=O) groups excluding carboxylic acids is 2. The number of amides is 2. The fourth-order valence-electron chi connectivity index (χ4n) is 4.54. The first-order chi connectivity index (χ1) is 17.5. The molecule has 3 aromatic rings. The molecule has 1 fully saturated rings. The number of likely N-dealkylation sites (N-methyl/N-ethyl adjacent to an activating group) is 1. The number of likely N-dealkylation sites (tertiary alicyclic amines) is 1. The van der Waals surface area contributed by atoms with Crippen molar-refractivity contribution in [3.63, 3.8) is 0 Å². The Morgan fingerprint density at radius 2 is 2.03 bits per heavy atom. The third kappa shape index (κ3) is 5.78. The van der Waals surface area contributed by atoms with Crippen molar-refractivity contribution in [2.24, 2.45) is 4.99 Å². The number of carbonyl (C=O) groups is 2. The maximum atomic E-state index is 13.1. The molecule has 0 aliphatic carbocycles. The van der Waals surface area contributed by atoms with Crippen LogP contribution in [-0.4, -0.2) is 65.9 Å². The largest absolute Gasteiger partial charge is 0.351 e. The highest BCUT2D eigenvalue weighted by Gasteiger charge is 2.31. The molecule has 4 rings (SSSR count). The summed E-state index contributed by atoms with van der Waals surface area (Å²) in [6, 6.07) is 15.1. The maximum absolute atomic E-state index is 13.1. The molecule has 3 N–H and O–H groups in total. The zero-order valence-electron chi connectivity index (χ0n) is 20.7. The third-order valence-corrected chi connectivity index (χ3v) is 6.50. The van der Waals surface area contributed by atoms with Crippen molar-refractivity contribution in [2.75, 3.05) is 20.6 Å². The van der Waals surface area contributed by atoms with Gasteiger partial charge in [0.2, 0.25) is 5.91 Å². The van der Waals surface area contributed by atoms with Crippen molar-refractivity contribution in [2.45, 2.75) is 31.5 Å². The molecule has 2 amide bonds. The van der Waals surface area contributed by atoms with Crippen LogP contribution in [0.25, 0.3) is 16.5 Å². The van der Waals surface area contributed by atoms with Gasteiger partial charge in [0.15, 0.2) is 0 Å². The number of rotatable bonds is 8. The van der Waals surface area contributed by atoms with Crippen LogP contribution < -0.4 is 10.6 Å². The number of aromatic amines is 1. The predicted octanol–water partition coefficient (Wildman–Crippen LogP) is 3.34. The average molecular weight is 485 g/mol. The minimum atomic E-state index is -0.206. The molecule has 0 unspecified atom stereocenters. The molecule has 0 spiro atoms. The fourth-order valence-corrected chi connectivity index (χ4v) is 4.54. The number of hydrogen-bond acceptors (Lipinski definition) is 5. The summed E-state index contributed by atoms with van der Waals surface area (Å²) in [5.41, 5.74) is 4.00. The van der Waals surface area contributed by atoms with Gasteiger partial charge in [0.05, 0.1) is 17.3 Å². The quantitative estimate of drug-likeness (QED) is 0.337. The average Bonchev–Trinajstić information content (AvgIpc) is 3.31. The lowest BCUT2D eigenvalue weighted by Crippen LogP contribution is -2.54. The number of hydrogen-bond donors (Lipinski definition) is 3. The Labute approximate surface area is 211 Å². The van der Waals surface area contributed by atoms with E-state index in [1.165, 1.54) is 0 Å². The molecule has 1 aliphatic heterocycles. The molecule has 1 aliphatic rings. The SMILES string of the molecule is C=C/C(=C\C=NC)c1n[nH]c2ccc(C(=O)N[C@@H]3CC[C@@H](C(=O)NCc4ccccc4)N(C)C3)cc12. The number of allylic oxidation sites excluding steroid dienone is 3. The van der Waals surface area contributed by atoms with Gasteiger partial charge in [0.25, 0.3) is 5.91 Å². The number of nitrogens with zero attached hydrogens (tertiary/aromatic N) is 3. The van der Waals surface area contributed by atoms with Crippen molar-refractivity contribution >= 4 is 34.5 Å². The van der Waals surface area contributed by atoms with Crippen molar-refractivity contribution < 1.29 is 9.59 Å². The van der Waals surface area contributed by atoms with Gasteiger partial charge in [-0.25, -0.2) is 0 Å². The first kappa shape index (κ1) is 25.1. The minimum absolute atomic E-state index is 0.0169. The molecule has 1 saturated heterocycles. The minimum Gasteiger partial charge on any atom is -0.351 e. The van der Waals surface area contributed by atoms with Crippen LogP contribution in [-0.2, 0) is 11.3 Å². The predicted molar refractivity (Wildman–Crippen MR) is 144 cm³/mol. The number of benzene rings is 2. The van der Waals surface area contributed by atoms with E-state index in [0.717, 1.165) is 34.2 Å². The Bertz CT molecular complexity index is 1290. The van der Waals surface area contributed by atoms with Crippen LogP contribution in [0.2, 0.25) is 0 Å². The summed E-state index contributed by atoms with van der Waals surface area (Å²) < 4.78 is 0. The summed E-state index contributed by atoms with van der Waals surface area (Å²) in [5, 5.41) is 14.4. The summed E-state index contributed by atoms with van der Waals surface area (Å²) in [7, 11) is 3.63. The number of fused-ring (bicyclic) bond motifs is 1. The van der Waals surface area contributed by atoms with E-state index in [9.17, 15) is 9.59 Å². The highest BCUT2D eigenvalue weighted by atomic mass is 16.2. The number of aromatic nitrogens is 2. The molecule has 36 heavy (non-hydrogen) atoms. The van der Waals surface area contributed by atoms with Crippen LogP contribution in [0.5, 0.6) is 0 Å². The van der Waals surface area contributed by atoms with Crippen molar-refractivity contribution in [3.8, 4) is 0 Å². The highest BCUT2D eigenvalue weighted by Crippen LogP contribution is 2.25. The van der Waals surface area contributed by atoms with Gasteiger partial charge in [-0.1, -0.05) is 43.0 Å². The van der Waals surface area contributed by atoms with Gasteiger partial charge in [-0.05, 0) is 49.7 Å². The Morgan fingerprint density at radius 3 is 2.75 bits per heavy atom. The topological polar surface area (TPSA) is 102 Å². The number of nitrogens with one attached hydrogen (secondary N) is 3. The van der Waals surface area contributed by atoms with Crippen molar-refractivity contribution in [1.29, 1.82) is 0 Å². The summed E-state index contributed by atoms with van der Waals surface area (Å²) in [5.74, 6) is -0.128. The van der Waals surface area contributed by atoms with Crippen molar-refractivity contribution in [1.82, 2.24) is 25.7 Å². The van der Waals surface area contributed by atoms with Gasteiger partial charge >= 0.3 is 0 Å². The molecular weight excluding hydrogens is 452 g/mol. The van der Waals surface area contributed by atoms with Gasteiger partial charge in [-0.2, -0.15) is 5.10 Å². The van der Waals surface area contributed by atoms with E-state index < -0.39 is 0 Å². The molecule has 0 bridgehead atoms. The van der Waals surface area contributed by atoms with Crippen LogP contribution in [0.4, 0.5) is 0 Å². The normalized spacial score (nSPS) is 18.9. The van der Waals surface area contributed by atoms with E-state index in [4.69, 9.17) is 0 Å². The van der Waals surface area contributed by atoms with Gasteiger partial charge in [-0.3, -0.25) is 24.6 Å². The smallest absolute Gasteiger partial charge is 0.251 e. The first-order valence-corrected chi connectivity index (χ1v) is 12.1. The summed E-state index contributed by atoms with van der Waals surface area (Å²) in [4.78, 5) is 31.8. The van der Waals surface area contributed by atoms with Gasteiger partial charge in [0.1, 0.15) is 0 Å². The van der Waals surface area contributed by atoms with E-state index in [1.807, 2.05) is 60.5 Å². The van der Waals surface area contributed by atoms with E-state index >= 15 is 0 Å². The molecule has 8 heteroatoms. The summed E-state index contributed by atoms with van der Waals surface area (Å²) >= 11 is 0. The Kier molecular flexibility index (Phi) is 8.07. The van der Waals surface area contributed by atoms with E-state index in [1.54, 1.807) is 25.4 Å². The fraction of sp³-hybridized carbons (Fsp3) is 0.286. The van der Waals surface area contributed by atoms with Crippen LogP contribution in [0.3, 0.4) is 0 Å². The molecular formula is C28H32N6O2. The molecule has 2 atom stereocenters. The van der Waals surface area contributed by atoms with Gasteiger partial charge < -0.3 is 10.6 Å². The van der Waals surface area contributed by atoms with Crippen LogP contribution in [0, 0.1) is 0 Å². The first-order valence-electron chi connectivity index (χ1n) is 12.1. The molecule has 186 valence electrons. The molecule has 2 heterocycles. The maximum Gasteiger partial charge on any atom is 0.251 e. The summed E-state index contributed by atoms with van der Waals surface area (Å²) in [6.07, 6.45) is 6.65. The second kappa shape index (κ2) is 11.6. The highest BCUT2D eigenvalue weighted by molar-refractivity contribution is 6.02. The molecule has 1 aromatic heterocycles. The lowest BCUT2D eigenvalue weighted by molar-refractivity contribution is -0.127. The van der Waals surface area contributed by atoms with Gasteiger partial charge in [0, 0.05) is 48.9 Å². The zero-order valence-corrected chi connectivity index (χ0v) is 20.7. The van der Waals surface area contributed by atoms with E-state index in [0.29, 0.717) is 25.1 Å². The lowest BCUT2D eigenvalue weighted by Gasteiger charge is -2.36. The number of aliphatic imine (C=N–C) groups is 1. The lowest BCUT2D eigenvalue weighted by atomic mass is 9.97.